The van der Waals surface area contributed by atoms with E-state index in [1.165, 1.54) is 0 Å². The van der Waals surface area contributed by atoms with E-state index in [0.717, 1.165) is 0 Å². The van der Waals surface area contributed by atoms with E-state index in [0.29, 0.717) is 19.4 Å². The summed E-state index contributed by atoms with van der Waals surface area (Å²) < 4.78 is 21.3. The second-order valence-corrected chi connectivity index (χ2v) is 11.1. The van der Waals surface area contributed by atoms with E-state index in [4.69, 9.17) is 24.7 Å². The van der Waals surface area contributed by atoms with Crippen molar-refractivity contribution in [3.05, 3.63) is 0 Å². The molecule has 0 aromatic rings. The molecule has 10 nitrogen and oxygen atoms in total. The van der Waals surface area contributed by atoms with E-state index in [1.54, 1.807) is 62.3 Å². The highest BCUT2D eigenvalue weighted by Gasteiger charge is 2.32. The highest BCUT2D eigenvalue weighted by Crippen LogP contribution is 2.16. The van der Waals surface area contributed by atoms with Gasteiger partial charge in [-0.25, -0.2) is 14.4 Å². The van der Waals surface area contributed by atoms with Gasteiger partial charge in [0.15, 0.2) is 0 Å². The Morgan fingerprint density at radius 2 is 1.24 bits per heavy atom. The van der Waals surface area contributed by atoms with Crippen LogP contribution >= 0.6 is 0 Å². The smallest absolute Gasteiger partial charge is 0.408 e. The van der Waals surface area contributed by atoms with Crippen molar-refractivity contribution in [1.82, 2.24) is 5.32 Å². The molecule has 0 aromatic heterocycles. The number of hydrogen-bond donors (Lipinski definition) is 2. The molecular weight excluding hydrogens is 444 g/mol. The number of nitrogens with one attached hydrogen (secondary N) is 1. The number of esters is 3. The molecule has 34 heavy (non-hydrogen) atoms. The number of carbonyl (C=O) groups excluding carboxylic acids is 4. The summed E-state index contributed by atoms with van der Waals surface area (Å²) in [6, 6.07) is -0.983. The van der Waals surface area contributed by atoms with Gasteiger partial charge < -0.3 is 30.0 Å². The second-order valence-electron chi connectivity index (χ2n) is 11.1. The first-order valence-corrected chi connectivity index (χ1v) is 11.7. The third kappa shape index (κ3) is 16.3. The van der Waals surface area contributed by atoms with E-state index >= 15 is 0 Å². The molecule has 0 aliphatic heterocycles. The van der Waals surface area contributed by atoms with Gasteiger partial charge >= 0.3 is 24.0 Å². The highest BCUT2D eigenvalue weighted by molar-refractivity contribution is 5.84. The summed E-state index contributed by atoms with van der Waals surface area (Å²) in [6.45, 7) is 15.8. The Labute approximate surface area is 203 Å². The molecule has 3 N–H and O–H groups in total. The first-order valence-electron chi connectivity index (χ1n) is 11.7. The van der Waals surface area contributed by atoms with E-state index in [2.05, 4.69) is 5.32 Å². The Kier molecular flexibility index (Phi) is 12.6. The largest absolute Gasteiger partial charge is 0.460 e. The van der Waals surface area contributed by atoms with Gasteiger partial charge in [0.25, 0.3) is 0 Å². The molecule has 0 saturated carbocycles. The average Bonchev–Trinajstić information content (AvgIpc) is 2.60. The molecule has 1 amide bonds. The van der Waals surface area contributed by atoms with Crippen molar-refractivity contribution >= 4 is 24.0 Å². The minimum atomic E-state index is -1.37. The third-order valence-electron chi connectivity index (χ3n) is 3.88. The third-order valence-corrected chi connectivity index (χ3v) is 3.88. The molecule has 2 unspecified atom stereocenters. The van der Waals surface area contributed by atoms with Crippen LogP contribution in [0.5, 0.6) is 0 Å². The Morgan fingerprint density at radius 1 is 0.735 bits per heavy atom. The Morgan fingerprint density at radius 3 is 1.71 bits per heavy atom. The number of nitrogens with two attached hydrogens (primary N) is 1. The van der Waals surface area contributed by atoms with Gasteiger partial charge in [-0.2, -0.15) is 0 Å². The molecule has 0 fully saturated rings. The fourth-order valence-electron chi connectivity index (χ4n) is 2.65. The summed E-state index contributed by atoms with van der Waals surface area (Å²) >= 11 is 0. The van der Waals surface area contributed by atoms with Gasteiger partial charge in [-0.05, 0) is 88.1 Å². The molecule has 2 atom stereocenters. The van der Waals surface area contributed by atoms with Crippen molar-refractivity contribution in [3.8, 4) is 0 Å². The highest BCUT2D eigenvalue weighted by atomic mass is 16.6. The van der Waals surface area contributed by atoms with Gasteiger partial charge in [0, 0.05) is 12.8 Å². The predicted octanol–water partition coefficient (Wildman–Crippen LogP) is 3.38. The van der Waals surface area contributed by atoms with Crippen LogP contribution in [-0.2, 0) is 33.3 Å². The summed E-state index contributed by atoms with van der Waals surface area (Å²) in [7, 11) is 0. The van der Waals surface area contributed by atoms with Crippen molar-refractivity contribution in [2.45, 2.75) is 123 Å². The van der Waals surface area contributed by atoms with Gasteiger partial charge in [-0.15, -0.1) is 0 Å². The van der Waals surface area contributed by atoms with Crippen LogP contribution in [0.1, 0.15) is 94.4 Å². The molecule has 10 heteroatoms. The maximum Gasteiger partial charge on any atom is 0.408 e. The van der Waals surface area contributed by atoms with Crippen LogP contribution in [0.4, 0.5) is 4.79 Å². The van der Waals surface area contributed by atoms with Gasteiger partial charge in [0.2, 0.25) is 6.10 Å². The van der Waals surface area contributed by atoms with Crippen LogP contribution in [0, 0.1) is 0 Å². The minimum absolute atomic E-state index is 0.137. The molecule has 0 heterocycles. The lowest BCUT2D eigenvalue weighted by Gasteiger charge is -2.26. The van der Waals surface area contributed by atoms with Gasteiger partial charge in [0.05, 0.1) is 0 Å². The number of amides is 1. The molecule has 0 saturated heterocycles. The topological polar surface area (TPSA) is 143 Å². The number of unbranched alkanes of at least 4 members (excludes halogenated alkanes) is 1. The van der Waals surface area contributed by atoms with Crippen LogP contribution < -0.4 is 11.1 Å². The Hall–Kier alpha value is -2.36. The number of ether oxygens (including phenoxy) is 4. The van der Waals surface area contributed by atoms with Crippen molar-refractivity contribution < 1.29 is 38.1 Å². The van der Waals surface area contributed by atoms with Crippen LogP contribution in [0.15, 0.2) is 0 Å². The summed E-state index contributed by atoms with van der Waals surface area (Å²) in [6.07, 6.45) is -1.14. The van der Waals surface area contributed by atoms with Crippen LogP contribution in [0.3, 0.4) is 0 Å². The molecular formula is C24H44N2O8. The summed E-state index contributed by atoms with van der Waals surface area (Å²) in [5.74, 6) is -1.97. The zero-order valence-electron chi connectivity index (χ0n) is 22.2. The molecule has 0 aliphatic rings. The minimum Gasteiger partial charge on any atom is -0.460 e. The molecule has 0 aliphatic carbocycles. The molecule has 198 valence electrons. The SMILES string of the molecule is CC(C)(C)OC(=O)CCC(OC(=O)NC(CCCCN)C(=O)OC(C)(C)C)C(=O)OC(C)(C)C. The van der Waals surface area contributed by atoms with E-state index in [1.807, 2.05) is 0 Å². The van der Waals surface area contributed by atoms with Gasteiger partial charge in [0.1, 0.15) is 22.8 Å². The Bertz CT molecular complexity index is 687. The first kappa shape index (κ1) is 31.6. The average molecular weight is 489 g/mol. The fourth-order valence-corrected chi connectivity index (χ4v) is 2.65. The van der Waals surface area contributed by atoms with Gasteiger partial charge in [-0.3, -0.25) is 4.79 Å². The van der Waals surface area contributed by atoms with Crippen molar-refractivity contribution in [3.63, 3.8) is 0 Å². The summed E-state index contributed by atoms with van der Waals surface area (Å²) in [4.78, 5) is 49.9. The zero-order valence-corrected chi connectivity index (χ0v) is 22.2. The van der Waals surface area contributed by atoms with E-state index in [-0.39, 0.29) is 19.3 Å². The molecule has 0 rings (SSSR count). The maximum atomic E-state index is 12.6. The fraction of sp³-hybridized carbons (Fsp3) is 0.833. The maximum absolute atomic E-state index is 12.6. The zero-order chi connectivity index (χ0) is 26.7. The molecule has 0 spiro atoms. The normalized spacial score (nSPS) is 13.9. The summed E-state index contributed by atoms with van der Waals surface area (Å²) in [5.41, 5.74) is 3.25. The number of hydrogen-bond acceptors (Lipinski definition) is 9. The van der Waals surface area contributed by atoms with Crippen LogP contribution in [-0.4, -0.2) is 59.5 Å². The van der Waals surface area contributed by atoms with Crippen LogP contribution in [0.25, 0.3) is 0 Å². The quantitative estimate of drug-likeness (QED) is 0.254. The number of rotatable bonds is 11. The number of carbonyl (C=O) groups is 4. The van der Waals surface area contributed by atoms with Crippen LogP contribution in [0.2, 0.25) is 0 Å². The molecule has 0 aromatic carbocycles. The van der Waals surface area contributed by atoms with Crippen molar-refractivity contribution in [1.29, 1.82) is 0 Å². The standard InChI is InChI=1S/C24H44N2O8/c1-22(2,3)32-18(27)14-13-17(20(29)34-24(7,8)9)31-21(30)26-16(12-10-11-15-25)19(28)33-23(4,5)6/h16-17H,10-15,25H2,1-9H3,(H,26,30). The van der Waals surface area contributed by atoms with Gasteiger partial charge in [-0.1, -0.05) is 0 Å². The lowest BCUT2D eigenvalue weighted by molar-refractivity contribution is -0.166. The number of alkyl carbamates (subject to hydrolysis) is 1. The lowest BCUT2D eigenvalue weighted by Crippen LogP contribution is -2.46. The second kappa shape index (κ2) is 13.5. The summed E-state index contributed by atoms with van der Waals surface area (Å²) in [5, 5.41) is 2.47. The monoisotopic (exact) mass is 488 g/mol. The van der Waals surface area contributed by atoms with E-state index < -0.39 is 53.0 Å². The van der Waals surface area contributed by atoms with E-state index in [9.17, 15) is 19.2 Å². The molecule has 0 radical (unpaired) electrons. The van der Waals surface area contributed by atoms with Crippen molar-refractivity contribution in [2.24, 2.45) is 5.73 Å². The van der Waals surface area contributed by atoms with Crippen molar-refractivity contribution in [2.75, 3.05) is 6.54 Å². The molecule has 0 bridgehead atoms. The lowest BCUT2D eigenvalue weighted by atomic mass is 10.1. The first-order chi connectivity index (χ1) is 15.3. The predicted molar refractivity (Wildman–Crippen MR) is 127 cm³/mol. The Balaban J connectivity index is 5.37.